The molecule has 4 rings (SSSR count). The molecule has 1 fully saturated rings. The zero-order valence-electron chi connectivity index (χ0n) is 27.1. The van der Waals surface area contributed by atoms with E-state index in [0.29, 0.717) is 39.2 Å². The van der Waals surface area contributed by atoms with Crippen molar-refractivity contribution in [1.29, 1.82) is 0 Å². The van der Waals surface area contributed by atoms with Crippen LogP contribution in [0.4, 0.5) is 5.69 Å². The largest absolute Gasteiger partial charge is 0.497 e. The number of fused-ring (bicyclic) bond motifs is 1. The lowest BCUT2D eigenvalue weighted by Crippen LogP contribution is -2.57. The van der Waals surface area contributed by atoms with Crippen LogP contribution in [-0.2, 0) is 25.7 Å². The number of nitrogens with two attached hydrogens (primary N) is 1. The summed E-state index contributed by atoms with van der Waals surface area (Å²) in [5.74, 6) is 1.45. The van der Waals surface area contributed by atoms with Crippen LogP contribution in [0, 0.1) is 5.41 Å². The SMILES string of the molecule is CNC(=O)C(C)(C)C[C@@H]1C[C@H](c2ccc(OC)cc2)[C@@H](OCc2ccc3c(c2)N(CCCOC)CCO3)CN1C(=O)C(C)N. The number of ether oxygens (including phenoxy) is 4. The van der Waals surface area contributed by atoms with Crippen LogP contribution in [0.1, 0.15) is 57.1 Å². The zero-order chi connectivity index (χ0) is 31.9. The molecule has 2 aliphatic heterocycles. The van der Waals surface area contributed by atoms with Crippen molar-refractivity contribution in [3.8, 4) is 11.5 Å². The molecule has 0 bridgehead atoms. The number of amides is 2. The number of anilines is 1. The summed E-state index contributed by atoms with van der Waals surface area (Å²) >= 11 is 0. The Morgan fingerprint density at radius 3 is 2.57 bits per heavy atom. The molecular weight excluding hydrogens is 560 g/mol. The first-order valence-corrected chi connectivity index (χ1v) is 15.6. The lowest BCUT2D eigenvalue weighted by Gasteiger charge is -2.46. The molecule has 10 nitrogen and oxygen atoms in total. The maximum atomic E-state index is 13.5. The molecule has 2 heterocycles. The maximum Gasteiger partial charge on any atom is 0.239 e. The van der Waals surface area contributed by atoms with E-state index < -0.39 is 11.5 Å². The minimum absolute atomic E-state index is 0.00460. The molecule has 3 N–H and O–H groups in total. The third-order valence-electron chi connectivity index (χ3n) is 8.82. The molecule has 44 heavy (non-hydrogen) atoms. The molecule has 2 amide bonds. The van der Waals surface area contributed by atoms with E-state index >= 15 is 0 Å². The summed E-state index contributed by atoms with van der Waals surface area (Å²) in [6.07, 6.45) is 1.80. The fourth-order valence-corrected chi connectivity index (χ4v) is 6.40. The van der Waals surface area contributed by atoms with Crippen molar-refractivity contribution < 1.29 is 28.5 Å². The highest BCUT2D eigenvalue weighted by molar-refractivity contribution is 5.83. The molecule has 4 atom stereocenters. The second-order valence-corrected chi connectivity index (χ2v) is 12.5. The summed E-state index contributed by atoms with van der Waals surface area (Å²) in [6.45, 7) is 9.39. The van der Waals surface area contributed by atoms with Gasteiger partial charge in [0.15, 0.2) is 0 Å². The highest BCUT2D eigenvalue weighted by atomic mass is 16.5. The number of nitrogens with zero attached hydrogens (tertiary/aromatic N) is 2. The Labute approximate surface area is 262 Å². The number of carbonyl (C=O) groups excluding carboxylic acids is 2. The summed E-state index contributed by atoms with van der Waals surface area (Å²) in [5.41, 5.74) is 8.67. The highest BCUT2D eigenvalue weighted by Crippen LogP contribution is 2.40. The minimum atomic E-state index is -0.672. The van der Waals surface area contributed by atoms with Crippen LogP contribution in [0.25, 0.3) is 0 Å². The van der Waals surface area contributed by atoms with Gasteiger partial charge in [0.1, 0.15) is 18.1 Å². The summed E-state index contributed by atoms with van der Waals surface area (Å²) in [7, 11) is 5.02. The van der Waals surface area contributed by atoms with Crippen molar-refractivity contribution in [2.75, 3.05) is 59.0 Å². The monoisotopic (exact) mass is 610 g/mol. The Morgan fingerprint density at radius 2 is 1.91 bits per heavy atom. The van der Waals surface area contributed by atoms with Crippen LogP contribution in [-0.4, -0.2) is 89.0 Å². The minimum Gasteiger partial charge on any atom is -0.497 e. The van der Waals surface area contributed by atoms with Gasteiger partial charge in [-0.2, -0.15) is 0 Å². The number of methoxy groups -OCH3 is 2. The Bertz CT molecular complexity index is 1250. The molecule has 242 valence electrons. The van der Waals surface area contributed by atoms with Crippen molar-refractivity contribution in [2.24, 2.45) is 11.1 Å². The van der Waals surface area contributed by atoms with Gasteiger partial charge in [0.25, 0.3) is 0 Å². The molecule has 0 saturated carbocycles. The Morgan fingerprint density at radius 1 is 1.16 bits per heavy atom. The molecule has 2 aromatic rings. The van der Waals surface area contributed by atoms with E-state index in [2.05, 4.69) is 28.4 Å². The standard InChI is InChI=1S/C34H50N4O6/c1-23(35)32(39)38-21-31(44-22-24-8-13-30-29(18-24)37(15-17-43-30)14-7-16-41-5)28(25-9-11-27(42-6)12-10-25)19-26(38)20-34(2,3)33(40)36-4/h8-13,18,23,26,28,31H,7,14-17,19-22,35H2,1-6H3,(H,36,40)/t23?,26-,28+,31-/m0/s1. The molecule has 2 aliphatic rings. The average molecular weight is 611 g/mol. The average Bonchev–Trinajstić information content (AvgIpc) is 3.03. The molecule has 2 aromatic carbocycles. The quantitative estimate of drug-likeness (QED) is 0.330. The number of likely N-dealkylation sites (tertiary alicyclic amines) is 1. The molecule has 1 saturated heterocycles. The number of nitrogens with one attached hydrogen (secondary N) is 1. The normalized spacial score (nSPS) is 20.8. The van der Waals surface area contributed by atoms with Crippen molar-refractivity contribution in [3.05, 3.63) is 53.6 Å². The van der Waals surface area contributed by atoms with Crippen molar-refractivity contribution in [1.82, 2.24) is 10.2 Å². The van der Waals surface area contributed by atoms with Crippen LogP contribution in [0.2, 0.25) is 0 Å². The summed E-state index contributed by atoms with van der Waals surface area (Å²) < 4.78 is 23.3. The predicted molar refractivity (Wildman–Crippen MR) is 171 cm³/mol. The number of hydrogen-bond acceptors (Lipinski definition) is 8. The van der Waals surface area contributed by atoms with Gasteiger partial charge >= 0.3 is 0 Å². The van der Waals surface area contributed by atoms with Gasteiger partial charge < -0.3 is 39.8 Å². The first-order chi connectivity index (χ1) is 21.1. The molecule has 10 heteroatoms. The molecule has 0 radical (unpaired) electrons. The Balaban J connectivity index is 1.61. The Kier molecular flexibility index (Phi) is 11.5. The van der Waals surface area contributed by atoms with E-state index in [1.165, 1.54) is 0 Å². The van der Waals surface area contributed by atoms with Crippen LogP contribution >= 0.6 is 0 Å². The first kappa shape index (κ1) is 33.6. The van der Waals surface area contributed by atoms with Crippen LogP contribution < -0.4 is 25.4 Å². The van der Waals surface area contributed by atoms with Gasteiger partial charge in [0, 0.05) is 51.2 Å². The predicted octanol–water partition coefficient (Wildman–Crippen LogP) is 3.71. The smallest absolute Gasteiger partial charge is 0.239 e. The van der Waals surface area contributed by atoms with E-state index in [1.807, 2.05) is 43.0 Å². The Hall–Kier alpha value is -3.34. The zero-order valence-corrected chi connectivity index (χ0v) is 27.1. The third kappa shape index (κ3) is 8.02. The van der Waals surface area contributed by atoms with Crippen molar-refractivity contribution in [3.63, 3.8) is 0 Å². The molecule has 1 unspecified atom stereocenters. The van der Waals surface area contributed by atoms with Crippen LogP contribution in [0.15, 0.2) is 42.5 Å². The van der Waals surface area contributed by atoms with Crippen molar-refractivity contribution in [2.45, 2.75) is 70.7 Å². The van der Waals surface area contributed by atoms with Gasteiger partial charge in [-0.3, -0.25) is 9.59 Å². The third-order valence-corrected chi connectivity index (χ3v) is 8.82. The van der Waals surface area contributed by atoms with E-state index in [4.69, 9.17) is 24.7 Å². The molecule has 0 aromatic heterocycles. The van der Waals surface area contributed by atoms with Crippen LogP contribution in [0.3, 0.4) is 0 Å². The lowest BCUT2D eigenvalue weighted by molar-refractivity contribution is -0.145. The topological polar surface area (TPSA) is 116 Å². The van der Waals surface area contributed by atoms with E-state index in [9.17, 15) is 9.59 Å². The highest BCUT2D eigenvalue weighted by Gasteiger charge is 2.43. The fraction of sp³-hybridized carbons (Fsp3) is 0.588. The van der Waals surface area contributed by atoms with Gasteiger partial charge in [-0.1, -0.05) is 32.0 Å². The second-order valence-electron chi connectivity index (χ2n) is 12.5. The van der Waals surface area contributed by atoms with Gasteiger partial charge in [-0.25, -0.2) is 0 Å². The van der Waals surface area contributed by atoms with Gasteiger partial charge in [0.05, 0.1) is 38.1 Å². The molecule has 0 spiro atoms. The summed E-state index contributed by atoms with van der Waals surface area (Å²) in [5, 5.41) is 2.78. The number of carbonyl (C=O) groups is 2. The van der Waals surface area contributed by atoms with Crippen LogP contribution in [0.5, 0.6) is 11.5 Å². The van der Waals surface area contributed by atoms with Crippen molar-refractivity contribution >= 4 is 17.5 Å². The first-order valence-electron chi connectivity index (χ1n) is 15.6. The number of hydrogen-bond donors (Lipinski definition) is 2. The molecular formula is C34H50N4O6. The van der Waals surface area contributed by atoms with Gasteiger partial charge in [-0.15, -0.1) is 0 Å². The second kappa shape index (κ2) is 15.1. The maximum absolute atomic E-state index is 13.5. The lowest BCUT2D eigenvalue weighted by atomic mass is 9.76. The van der Waals surface area contributed by atoms with E-state index in [1.54, 1.807) is 28.2 Å². The fourth-order valence-electron chi connectivity index (χ4n) is 6.40. The van der Waals surface area contributed by atoms with E-state index in [-0.39, 0.29) is 29.9 Å². The molecule has 0 aliphatic carbocycles. The summed E-state index contributed by atoms with van der Waals surface area (Å²) in [6, 6.07) is 13.4. The number of piperidine rings is 1. The summed E-state index contributed by atoms with van der Waals surface area (Å²) in [4.78, 5) is 30.4. The number of benzene rings is 2. The van der Waals surface area contributed by atoms with Gasteiger partial charge in [0.2, 0.25) is 11.8 Å². The number of rotatable bonds is 13. The van der Waals surface area contributed by atoms with E-state index in [0.717, 1.165) is 47.8 Å². The van der Waals surface area contributed by atoms with Gasteiger partial charge in [-0.05, 0) is 61.6 Å².